The molecule has 0 spiro atoms. The van der Waals surface area contributed by atoms with Gasteiger partial charge in [-0.05, 0) is 34.6 Å². The second-order valence-electron chi connectivity index (χ2n) is 9.45. The number of nitrogens with zero attached hydrogens (tertiary/aromatic N) is 2. The molecule has 1 fully saturated rings. The van der Waals surface area contributed by atoms with Gasteiger partial charge in [-0.15, -0.1) is 0 Å². The number of rotatable bonds is 7. The van der Waals surface area contributed by atoms with Crippen LogP contribution in [0.5, 0.6) is 0 Å². The van der Waals surface area contributed by atoms with Crippen LogP contribution < -0.4 is 0 Å². The molecule has 1 N–H and O–H groups in total. The Balaban J connectivity index is 1.89. The fourth-order valence-corrected chi connectivity index (χ4v) is 5.28. The van der Waals surface area contributed by atoms with Crippen molar-refractivity contribution in [1.82, 2.24) is 9.21 Å². The van der Waals surface area contributed by atoms with Gasteiger partial charge in [0.1, 0.15) is 0 Å². The van der Waals surface area contributed by atoms with Crippen LogP contribution in [0.1, 0.15) is 42.9 Å². The first kappa shape index (κ1) is 29.4. The van der Waals surface area contributed by atoms with Gasteiger partial charge in [0, 0.05) is 38.3 Å². The molecule has 0 saturated carbocycles. The molecule has 2 aromatic rings. The van der Waals surface area contributed by atoms with E-state index in [0.717, 1.165) is 29.7 Å². The molecule has 1 atom stereocenters. The summed E-state index contributed by atoms with van der Waals surface area (Å²) in [6, 6.07) is 9.24. The highest BCUT2D eigenvalue weighted by Gasteiger charge is 2.71. The third kappa shape index (κ3) is 6.13. The van der Waals surface area contributed by atoms with E-state index in [4.69, 9.17) is 0 Å². The lowest BCUT2D eigenvalue weighted by atomic mass is 9.86. The summed E-state index contributed by atoms with van der Waals surface area (Å²) in [5, 5.41) is 9.66. The first-order valence-electron chi connectivity index (χ1n) is 11.8. The van der Waals surface area contributed by atoms with E-state index in [1.54, 1.807) is 6.07 Å². The lowest BCUT2D eigenvalue weighted by Crippen LogP contribution is -2.53. The molecule has 206 valence electrons. The third-order valence-electron chi connectivity index (χ3n) is 6.90. The molecule has 2 aromatic carbocycles. The van der Waals surface area contributed by atoms with Crippen LogP contribution >= 0.6 is 0 Å². The van der Waals surface area contributed by atoms with Crippen LogP contribution in [0.25, 0.3) is 11.1 Å². The van der Waals surface area contributed by atoms with E-state index < -0.39 is 33.5 Å². The van der Waals surface area contributed by atoms with Crippen LogP contribution in [0.15, 0.2) is 42.5 Å². The van der Waals surface area contributed by atoms with Crippen LogP contribution in [0.3, 0.4) is 0 Å². The number of piperazine rings is 1. The molecule has 3 rings (SSSR count). The zero-order valence-electron chi connectivity index (χ0n) is 20.7. The largest absolute Gasteiger partial charge is 0.430 e. The van der Waals surface area contributed by atoms with E-state index in [-0.39, 0.29) is 5.92 Å². The molecule has 5 nitrogen and oxygen atoms in total. The van der Waals surface area contributed by atoms with Crippen molar-refractivity contribution < 1.29 is 39.9 Å². The second kappa shape index (κ2) is 10.5. The molecule has 0 aliphatic carbocycles. The third-order valence-corrected chi connectivity index (χ3v) is 8.20. The van der Waals surface area contributed by atoms with Crippen molar-refractivity contribution >= 4 is 10.0 Å². The second-order valence-corrected chi connectivity index (χ2v) is 11.4. The zero-order valence-corrected chi connectivity index (χ0v) is 21.5. The SMILES string of the molecule is CCC(C)c1cc(CN2CCN(S(C)(=O)=O)CC2)ccc1-c1ccc(C(O)(C(F)(F)F)C(F)(F)F)cc1. The maximum absolute atomic E-state index is 13.2. The molecule has 37 heavy (non-hydrogen) atoms. The molecule has 1 saturated heterocycles. The van der Waals surface area contributed by atoms with E-state index >= 15 is 0 Å². The summed E-state index contributed by atoms with van der Waals surface area (Å²) in [7, 11) is -3.24. The van der Waals surface area contributed by atoms with Crippen LogP contribution in [0.4, 0.5) is 26.3 Å². The molecule has 0 aromatic heterocycles. The Hall–Kier alpha value is -2.15. The molecule has 1 heterocycles. The fourth-order valence-electron chi connectivity index (χ4n) is 4.46. The number of benzene rings is 2. The summed E-state index contributed by atoms with van der Waals surface area (Å²) in [4.78, 5) is 2.13. The van der Waals surface area contributed by atoms with Gasteiger partial charge in [0.2, 0.25) is 10.0 Å². The summed E-state index contributed by atoms with van der Waals surface area (Å²) in [6.45, 7) is 6.44. The van der Waals surface area contributed by atoms with Gasteiger partial charge < -0.3 is 5.11 Å². The number of halogens is 6. The quantitative estimate of drug-likeness (QED) is 0.477. The molecule has 1 unspecified atom stereocenters. The molecular formula is C25H30F6N2O3S. The number of hydrogen-bond donors (Lipinski definition) is 1. The predicted molar refractivity (Wildman–Crippen MR) is 128 cm³/mol. The highest BCUT2D eigenvalue weighted by molar-refractivity contribution is 7.88. The lowest BCUT2D eigenvalue weighted by molar-refractivity contribution is -0.376. The maximum atomic E-state index is 13.2. The Morgan fingerprint density at radius 3 is 1.92 bits per heavy atom. The van der Waals surface area contributed by atoms with E-state index in [1.807, 2.05) is 26.0 Å². The van der Waals surface area contributed by atoms with Gasteiger partial charge in [-0.25, -0.2) is 8.42 Å². The summed E-state index contributed by atoms with van der Waals surface area (Å²) in [5.41, 5.74) is -3.31. The monoisotopic (exact) mass is 552 g/mol. The minimum Gasteiger partial charge on any atom is -0.369 e. The summed E-state index contributed by atoms with van der Waals surface area (Å²) in [5.74, 6) is 0.0546. The van der Waals surface area contributed by atoms with Crippen molar-refractivity contribution in [3.63, 3.8) is 0 Å². The molecule has 1 aliphatic rings. The molecule has 0 amide bonds. The molecule has 0 bridgehead atoms. The maximum Gasteiger partial charge on any atom is 0.430 e. The predicted octanol–water partition coefficient (Wildman–Crippen LogP) is 5.26. The first-order valence-corrected chi connectivity index (χ1v) is 13.6. The van der Waals surface area contributed by atoms with Crippen molar-refractivity contribution in [2.45, 2.75) is 50.7 Å². The fraction of sp³-hybridized carbons (Fsp3) is 0.520. The van der Waals surface area contributed by atoms with Gasteiger partial charge >= 0.3 is 12.4 Å². The summed E-state index contributed by atoms with van der Waals surface area (Å²) in [6.07, 6.45) is -9.95. The average Bonchev–Trinajstić information content (AvgIpc) is 2.81. The van der Waals surface area contributed by atoms with Crippen LogP contribution in [-0.2, 0) is 22.2 Å². The smallest absolute Gasteiger partial charge is 0.369 e. The first-order chi connectivity index (χ1) is 17.0. The van der Waals surface area contributed by atoms with E-state index in [0.29, 0.717) is 56.0 Å². The molecule has 1 aliphatic heterocycles. The number of hydrogen-bond acceptors (Lipinski definition) is 4. The average molecular weight is 553 g/mol. The van der Waals surface area contributed by atoms with Crippen LogP contribution in [0.2, 0.25) is 0 Å². The van der Waals surface area contributed by atoms with Gasteiger partial charge in [-0.2, -0.15) is 30.6 Å². The number of alkyl halides is 6. The van der Waals surface area contributed by atoms with E-state index in [1.165, 1.54) is 10.6 Å². The molecule has 0 radical (unpaired) electrons. The summed E-state index contributed by atoms with van der Waals surface area (Å²) < 4.78 is 104. The minimum absolute atomic E-state index is 0.0546. The summed E-state index contributed by atoms with van der Waals surface area (Å²) >= 11 is 0. The van der Waals surface area contributed by atoms with Gasteiger partial charge in [0.05, 0.1) is 6.26 Å². The van der Waals surface area contributed by atoms with Gasteiger partial charge in [-0.3, -0.25) is 4.90 Å². The van der Waals surface area contributed by atoms with Crippen molar-refractivity contribution in [1.29, 1.82) is 0 Å². The Labute approximate surface area is 212 Å². The standard InChI is InChI=1S/C25H30F6N2O3S/c1-4-17(2)22-15-18(16-32-11-13-33(14-12-32)37(3,35)36)5-10-21(22)19-6-8-20(9-7-19)23(34,24(26,27)28)25(29,30)31/h5-10,15,17,34H,4,11-14,16H2,1-3H3. The van der Waals surface area contributed by atoms with E-state index in [9.17, 15) is 39.9 Å². The van der Waals surface area contributed by atoms with Gasteiger partial charge in [0.25, 0.3) is 5.60 Å². The lowest BCUT2D eigenvalue weighted by Gasteiger charge is -2.33. The molecular weight excluding hydrogens is 522 g/mol. The molecule has 12 heteroatoms. The Morgan fingerprint density at radius 2 is 1.46 bits per heavy atom. The number of sulfonamides is 1. The highest BCUT2D eigenvalue weighted by atomic mass is 32.2. The highest BCUT2D eigenvalue weighted by Crippen LogP contribution is 2.50. The van der Waals surface area contributed by atoms with E-state index in [2.05, 4.69) is 4.90 Å². The van der Waals surface area contributed by atoms with Crippen LogP contribution in [0, 0.1) is 0 Å². The van der Waals surface area contributed by atoms with Gasteiger partial charge in [0.15, 0.2) is 0 Å². The van der Waals surface area contributed by atoms with Crippen LogP contribution in [-0.4, -0.2) is 67.5 Å². The normalized spacial score (nSPS) is 17.7. The topological polar surface area (TPSA) is 60.9 Å². The Kier molecular flexibility index (Phi) is 8.38. The minimum atomic E-state index is -5.94. The van der Waals surface area contributed by atoms with Crippen molar-refractivity contribution in [2.24, 2.45) is 0 Å². The van der Waals surface area contributed by atoms with Crippen molar-refractivity contribution in [3.8, 4) is 11.1 Å². The van der Waals surface area contributed by atoms with Crippen molar-refractivity contribution in [2.75, 3.05) is 32.4 Å². The Morgan fingerprint density at radius 1 is 0.919 bits per heavy atom. The van der Waals surface area contributed by atoms with Gasteiger partial charge in [-0.1, -0.05) is 56.3 Å². The van der Waals surface area contributed by atoms with Crippen molar-refractivity contribution in [3.05, 3.63) is 59.2 Å². The zero-order chi connectivity index (χ0) is 27.8. The number of aliphatic hydroxyl groups is 1. The Bertz CT molecular complexity index is 1170.